The van der Waals surface area contributed by atoms with Crippen LogP contribution in [0.15, 0.2) is 35.3 Å². The Balaban J connectivity index is 1.66. The third-order valence-electron chi connectivity index (χ3n) is 4.99. The molecule has 4 rings (SSSR count). The first-order chi connectivity index (χ1) is 14.1. The Morgan fingerprint density at radius 2 is 2.10 bits per heavy atom. The van der Waals surface area contributed by atoms with Crippen molar-refractivity contribution in [1.82, 2.24) is 4.90 Å². The van der Waals surface area contributed by atoms with E-state index < -0.39 is 0 Å². The Hall–Kier alpha value is -2.97. The van der Waals surface area contributed by atoms with E-state index in [0.29, 0.717) is 43.0 Å². The van der Waals surface area contributed by atoms with Crippen LogP contribution in [0.3, 0.4) is 0 Å². The second-order valence-corrected chi connectivity index (χ2v) is 7.24. The highest BCUT2D eigenvalue weighted by molar-refractivity contribution is 5.72. The van der Waals surface area contributed by atoms with Gasteiger partial charge in [-0.2, -0.15) is 4.89 Å². The minimum absolute atomic E-state index is 0.380. The maximum atomic E-state index is 6.54. The second kappa shape index (κ2) is 8.18. The van der Waals surface area contributed by atoms with Crippen molar-refractivity contribution in [1.29, 1.82) is 0 Å². The van der Waals surface area contributed by atoms with Crippen LogP contribution in [0, 0.1) is 0 Å². The van der Waals surface area contributed by atoms with Gasteiger partial charge in [-0.1, -0.05) is 6.07 Å². The minimum Gasteiger partial charge on any atom is -0.493 e. The van der Waals surface area contributed by atoms with Gasteiger partial charge in [0.05, 0.1) is 30.3 Å². The molecule has 0 spiro atoms. The van der Waals surface area contributed by atoms with Crippen molar-refractivity contribution in [2.75, 3.05) is 45.9 Å². The van der Waals surface area contributed by atoms with Crippen molar-refractivity contribution in [3.8, 4) is 17.2 Å². The van der Waals surface area contributed by atoms with Crippen LogP contribution >= 0.6 is 0 Å². The highest BCUT2D eigenvalue weighted by Crippen LogP contribution is 2.35. The number of ether oxygens (including phenoxy) is 2. The molecule has 0 radical (unpaired) electrons. The van der Waals surface area contributed by atoms with Crippen molar-refractivity contribution in [2.45, 2.75) is 13.0 Å². The van der Waals surface area contributed by atoms with E-state index in [0.717, 1.165) is 34.8 Å². The summed E-state index contributed by atoms with van der Waals surface area (Å²) in [5.74, 6) is 2.63. The van der Waals surface area contributed by atoms with E-state index in [-0.39, 0.29) is 0 Å². The number of methoxy groups -OCH3 is 1. The third kappa shape index (κ3) is 3.81. The molecule has 0 fully saturated rings. The van der Waals surface area contributed by atoms with Gasteiger partial charge in [0.25, 0.3) is 0 Å². The van der Waals surface area contributed by atoms with Crippen LogP contribution in [0.4, 0.5) is 5.69 Å². The van der Waals surface area contributed by atoms with Crippen molar-refractivity contribution >= 4 is 11.5 Å². The van der Waals surface area contributed by atoms with Crippen molar-refractivity contribution in [3.63, 3.8) is 0 Å². The van der Waals surface area contributed by atoms with Crippen LogP contribution in [0.2, 0.25) is 0 Å². The lowest BCUT2D eigenvalue weighted by Gasteiger charge is -2.27. The molecule has 0 saturated heterocycles. The summed E-state index contributed by atoms with van der Waals surface area (Å²) in [6.45, 7) is 2.35. The van der Waals surface area contributed by atoms with Gasteiger partial charge in [0.2, 0.25) is 0 Å². The molecular weight excluding hydrogens is 372 g/mol. The standard InChI is InChI=1S/C21H26N4O4/c1-24(2)8-5-9-27-20-11-16-14(10-19(20)26-3)21(22)25(13-23-16)17-6-4-7-18-15(17)12-28-29-18/h4,6-7,10-11H,5,8-9,12-13,22H2,1-3H3. The van der Waals surface area contributed by atoms with Crippen LogP contribution in [-0.4, -0.2) is 45.9 Å². The first kappa shape index (κ1) is 19.4. The summed E-state index contributed by atoms with van der Waals surface area (Å²) in [6.07, 6.45) is 0.926. The summed E-state index contributed by atoms with van der Waals surface area (Å²) in [5, 5.41) is 1.61. The third-order valence-corrected chi connectivity index (χ3v) is 4.99. The highest BCUT2D eigenvalue weighted by atomic mass is 17.2. The van der Waals surface area contributed by atoms with E-state index in [2.05, 4.69) is 4.90 Å². The average Bonchev–Trinajstić information content (AvgIpc) is 3.20. The Morgan fingerprint density at radius 1 is 1.24 bits per heavy atom. The van der Waals surface area contributed by atoms with Crippen LogP contribution in [0.1, 0.15) is 12.0 Å². The van der Waals surface area contributed by atoms with E-state index in [1.807, 2.05) is 49.3 Å². The number of anilines is 1. The fraction of sp³-hybridized carbons (Fsp3) is 0.381. The number of fused-ring (bicyclic) bond motifs is 2. The predicted molar refractivity (Wildman–Crippen MR) is 109 cm³/mol. The molecule has 0 unspecified atom stereocenters. The molecule has 8 heteroatoms. The molecule has 2 aromatic carbocycles. The molecule has 2 heterocycles. The van der Waals surface area contributed by atoms with Crippen molar-refractivity contribution in [2.24, 2.45) is 10.7 Å². The molecule has 0 atom stereocenters. The lowest BCUT2D eigenvalue weighted by atomic mass is 10.1. The van der Waals surface area contributed by atoms with Gasteiger partial charge in [-0.3, -0.25) is 4.99 Å². The van der Waals surface area contributed by atoms with Crippen LogP contribution in [0.25, 0.3) is 5.82 Å². The molecule has 0 aromatic heterocycles. The Bertz CT molecular complexity index is 1020. The number of nitrogens with two attached hydrogens (primary N) is 1. The molecule has 29 heavy (non-hydrogen) atoms. The van der Waals surface area contributed by atoms with Crippen molar-refractivity contribution in [3.05, 3.63) is 46.5 Å². The van der Waals surface area contributed by atoms with Gasteiger partial charge in [0.1, 0.15) is 19.1 Å². The lowest BCUT2D eigenvalue weighted by molar-refractivity contribution is -0.194. The number of hydrogen-bond donors (Lipinski definition) is 1. The normalized spacial score (nSPS) is 14.9. The molecule has 0 aliphatic carbocycles. The molecule has 0 bridgehead atoms. The number of rotatable bonds is 7. The molecule has 154 valence electrons. The maximum absolute atomic E-state index is 6.54. The Morgan fingerprint density at radius 3 is 2.90 bits per heavy atom. The Kier molecular flexibility index (Phi) is 5.46. The van der Waals surface area contributed by atoms with E-state index in [9.17, 15) is 0 Å². The average molecular weight is 398 g/mol. The molecule has 0 saturated carbocycles. The number of nitrogens with zero attached hydrogens (tertiary/aromatic N) is 3. The Labute approximate surface area is 169 Å². The molecule has 2 aliphatic rings. The number of hydrogen-bond acceptors (Lipinski definition) is 8. The zero-order chi connectivity index (χ0) is 20.4. The van der Waals surface area contributed by atoms with Gasteiger partial charge in [0, 0.05) is 17.8 Å². The van der Waals surface area contributed by atoms with Crippen LogP contribution in [0.5, 0.6) is 17.2 Å². The summed E-state index contributed by atoms with van der Waals surface area (Å²) < 4.78 is 11.5. The monoisotopic (exact) mass is 398 g/mol. The highest BCUT2D eigenvalue weighted by Gasteiger charge is 2.24. The first-order valence-corrected chi connectivity index (χ1v) is 9.57. The van der Waals surface area contributed by atoms with Gasteiger partial charge in [-0.05, 0) is 38.7 Å². The summed E-state index contributed by atoms with van der Waals surface area (Å²) in [6, 6.07) is 9.56. The zero-order valence-electron chi connectivity index (χ0n) is 17.0. The van der Waals surface area contributed by atoms with E-state index in [1.165, 1.54) is 0 Å². The van der Waals surface area contributed by atoms with E-state index in [4.69, 9.17) is 30.0 Å². The van der Waals surface area contributed by atoms with E-state index in [1.54, 1.807) is 7.11 Å². The summed E-state index contributed by atoms with van der Waals surface area (Å²) in [4.78, 5) is 19.1. The largest absolute Gasteiger partial charge is 0.493 e. The summed E-state index contributed by atoms with van der Waals surface area (Å²) in [7, 11) is 5.72. The molecule has 2 aliphatic heterocycles. The maximum Gasteiger partial charge on any atom is 0.173 e. The minimum atomic E-state index is 0.380. The molecule has 8 nitrogen and oxygen atoms in total. The lowest BCUT2D eigenvalue weighted by Crippen LogP contribution is -2.44. The van der Waals surface area contributed by atoms with Gasteiger partial charge in [-0.25, -0.2) is 0 Å². The smallest absolute Gasteiger partial charge is 0.173 e. The molecule has 2 N–H and O–H groups in total. The fourth-order valence-electron chi connectivity index (χ4n) is 3.48. The molecule has 0 amide bonds. The summed E-state index contributed by atoms with van der Waals surface area (Å²) in [5.41, 5.74) is 8.43. The predicted octanol–water partition coefficient (Wildman–Crippen LogP) is 0.971. The second-order valence-electron chi connectivity index (χ2n) is 7.24. The number of benzene rings is 2. The van der Waals surface area contributed by atoms with Gasteiger partial charge in [0.15, 0.2) is 17.2 Å². The quantitative estimate of drug-likeness (QED) is 0.550. The zero-order valence-corrected chi connectivity index (χ0v) is 17.0. The van der Waals surface area contributed by atoms with Crippen LogP contribution < -0.4 is 35.6 Å². The molecule has 2 aromatic rings. The first-order valence-electron chi connectivity index (χ1n) is 9.57. The van der Waals surface area contributed by atoms with E-state index >= 15 is 0 Å². The van der Waals surface area contributed by atoms with Crippen LogP contribution in [-0.2, 0) is 11.5 Å². The fourth-order valence-corrected chi connectivity index (χ4v) is 3.48. The SMILES string of the molecule is COc1cc2c(cc1OCCCN(C)C)=NCN(c1cccc3c1COO3)C=2N. The van der Waals surface area contributed by atoms with Crippen molar-refractivity contribution < 1.29 is 19.2 Å². The summed E-state index contributed by atoms with van der Waals surface area (Å²) >= 11 is 0. The van der Waals surface area contributed by atoms with Gasteiger partial charge < -0.3 is 29.9 Å². The van der Waals surface area contributed by atoms with Gasteiger partial charge >= 0.3 is 0 Å². The topological polar surface area (TPSA) is 81.8 Å². The molecular formula is C21H26N4O4. The van der Waals surface area contributed by atoms with Gasteiger partial charge in [-0.15, -0.1) is 0 Å².